The second kappa shape index (κ2) is 9.11. The number of halogens is 3. The fraction of sp³-hybridized carbons (Fsp3) is 0.105. The Labute approximate surface area is 175 Å². The van der Waals surface area contributed by atoms with Crippen molar-refractivity contribution >= 4 is 40.8 Å². The summed E-state index contributed by atoms with van der Waals surface area (Å²) in [6, 6.07) is 12.8. The number of aromatic nitrogens is 2. The van der Waals surface area contributed by atoms with E-state index in [1.807, 2.05) is 12.1 Å². The van der Waals surface area contributed by atoms with E-state index in [-0.39, 0.29) is 23.8 Å². The Morgan fingerprint density at radius 1 is 1.14 bits per heavy atom. The van der Waals surface area contributed by atoms with Crippen LogP contribution in [0.4, 0.5) is 10.2 Å². The number of hydrogen-bond acceptors (Lipinski definition) is 6. The summed E-state index contributed by atoms with van der Waals surface area (Å²) in [6.07, 6.45) is 0. The molecule has 0 saturated heterocycles. The molecule has 0 atom stereocenters. The number of benzene rings is 2. The number of ether oxygens (including phenoxy) is 1. The third kappa shape index (κ3) is 5.04. The molecule has 0 spiro atoms. The second-order valence-corrected chi connectivity index (χ2v) is 7.38. The van der Waals surface area contributed by atoms with E-state index in [1.54, 1.807) is 12.1 Å². The van der Waals surface area contributed by atoms with Gasteiger partial charge in [0, 0.05) is 15.8 Å². The van der Waals surface area contributed by atoms with E-state index in [9.17, 15) is 9.65 Å². The molecule has 0 aliphatic rings. The lowest BCUT2D eigenvalue weighted by molar-refractivity contribution is 0.299. The Balaban J connectivity index is 1.77. The van der Waals surface area contributed by atoms with Crippen molar-refractivity contribution in [3.05, 3.63) is 75.1 Å². The van der Waals surface area contributed by atoms with E-state index >= 15 is 0 Å². The SMILES string of the molecule is N#Cc1c(N)nc(SCc2ccc(Cl)cc2Cl)nc1COc1ccc(F)cc1. The molecule has 0 aliphatic heterocycles. The molecule has 0 saturated carbocycles. The maximum absolute atomic E-state index is 13.0. The monoisotopic (exact) mass is 434 g/mol. The number of nitrogens with zero attached hydrogens (tertiary/aromatic N) is 3. The quantitative estimate of drug-likeness (QED) is 0.421. The van der Waals surface area contributed by atoms with Crippen LogP contribution in [0, 0.1) is 17.1 Å². The van der Waals surface area contributed by atoms with Crippen LogP contribution < -0.4 is 10.5 Å². The maximum Gasteiger partial charge on any atom is 0.190 e. The number of rotatable bonds is 6. The van der Waals surface area contributed by atoms with Crippen LogP contribution in [0.1, 0.15) is 16.8 Å². The highest BCUT2D eigenvalue weighted by Gasteiger charge is 2.14. The average Bonchev–Trinajstić information content (AvgIpc) is 2.66. The van der Waals surface area contributed by atoms with Gasteiger partial charge in [0.15, 0.2) is 5.16 Å². The normalized spacial score (nSPS) is 10.5. The molecule has 0 unspecified atom stereocenters. The predicted octanol–water partition coefficient (Wildman–Crippen LogP) is 5.25. The Morgan fingerprint density at radius 2 is 1.89 bits per heavy atom. The molecule has 2 N–H and O–H groups in total. The first kappa shape index (κ1) is 20.2. The summed E-state index contributed by atoms with van der Waals surface area (Å²) >= 11 is 13.4. The Morgan fingerprint density at radius 3 is 2.57 bits per heavy atom. The summed E-state index contributed by atoms with van der Waals surface area (Å²) < 4.78 is 18.6. The van der Waals surface area contributed by atoms with Gasteiger partial charge in [-0.15, -0.1) is 0 Å². The molecule has 0 radical (unpaired) electrons. The molecule has 3 rings (SSSR count). The van der Waals surface area contributed by atoms with Crippen molar-refractivity contribution in [3.8, 4) is 11.8 Å². The third-order valence-corrected chi connectivity index (χ3v) is 5.15. The lowest BCUT2D eigenvalue weighted by Crippen LogP contribution is -2.08. The van der Waals surface area contributed by atoms with Gasteiger partial charge in [-0.3, -0.25) is 0 Å². The zero-order chi connectivity index (χ0) is 20.1. The van der Waals surface area contributed by atoms with Crippen LogP contribution in [0.3, 0.4) is 0 Å². The van der Waals surface area contributed by atoms with E-state index in [4.69, 9.17) is 33.7 Å². The maximum atomic E-state index is 13.0. The van der Waals surface area contributed by atoms with Crippen molar-refractivity contribution in [2.75, 3.05) is 5.73 Å². The topological polar surface area (TPSA) is 84.8 Å². The first-order valence-corrected chi connectivity index (χ1v) is 9.72. The van der Waals surface area contributed by atoms with E-state index in [0.717, 1.165) is 5.56 Å². The summed E-state index contributed by atoms with van der Waals surface area (Å²) in [5, 5.41) is 10.8. The van der Waals surface area contributed by atoms with Gasteiger partial charge in [0.2, 0.25) is 0 Å². The van der Waals surface area contributed by atoms with Crippen LogP contribution in [0.2, 0.25) is 10.0 Å². The van der Waals surface area contributed by atoms with Gasteiger partial charge >= 0.3 is 0 Å². The highest BCUT2D eigenvalue weighted by molar-refractivity contribution is 7.98. The number of thioether (sulfide) groups is 1. The summed E-state index contributed by atoms with van der Waals surface area (Å²) in [5.41, 5.74) is 7.27. The van der Waals surface area contributed by atoms with Crippen molar-refractivity contribution in [2.45, 2.75) is 17.5 Å². The number of nitriles is 1. The van der Waals surface area contributed by atoms with Crippen LogP contribution in [-0.4, -0.2) is 9.97 Å². The van der Waals surface area contributed by atoms with E-state index in [2.05, 4.69) is 9.97 Å². The summed E-state index contributed by atoms with van der Waals surface area (Å²) in [5.74, 6) is 0.653. The van der Waals surface area contributed by atoms with Gasteiger partial charge in [0.25, 0.3) is 0 Å². The predicted molar refractivity (Wildman–Crippen MR) is 108 cm³/mol. The fourth-order valence-corrected chi connectivity index (χ4v) is 3.69. The minimum atomic E-state index is -0.365. The van der Waals surface area contributed by atoms with Crippen LogP contribution >= 0.6 is 35.0 Å². The van der Waals surface area contributed by atoms with Gasteiger partial charge in [0.1, 0.15) is 41.3 Å². The molecule has 28 heavy (non-hydrogen) atoms. The number of anilines is 1. The fourth-order valence-electron chi connectivity index (χ4n) is 2.26. The molecular formula is C19H13Cl2FN4OS. The number of hydrogen-bond donors (Lipinski definition) is 1. The van der Waals surface area contributed by atoms with Crippen LogP contribution in [-0.2, 0) is 12.4 Å². The van der Waals surface area contributed by atoms with Gasteiger partial charge in [-0.25, -0.2) is 14.4 Å². The number of nitrogens with two attached hydrogens (primary N) is 1. The lowest BCUT2D eigenvalue weighted by atomic mass is 10.2. The molecule has 0 bridgehead atoms. The van der Waals surface area contributed by atoms with Gasteiger partial charge in [0.05, 0.1) is 0 Å². The van der Waals surface area contributed by atoms with Crippen molar-refractivity contribution in [3.63, 3.8) is 0 Å². The minimum Gasteiger partial charge on any atom is -0.487 e. The molecule has 9 heteroatoms. The molecule has 142 valence electrons. The van der Waals surface area contributed by atoms with Crippen molar-refractivity contribution in [1.29, 1.82) is 5.26 Å². The van der Waals surface area contributed by atoms with Crippen LogP contribution in [0.25, 0.3) is 0 Å². The minimum absolute atomic E-state index is 0.00347. The average molecular weight is 435 g/mol. The zero-order valence-electron chi connectivity index (χ0n) is 14.3. The first-order chi connectivity index (χ1) is 13.5. The summed E-state index contributed by atoms with van der Waals surface area (Å²) in [7, 11) is 0. The first-order valence-electron chi connectivity index (χ1n) is 7.98. The van der Waals surface area contributed by atoms with Gasteiger partial charge in [-0.05, 0) is 42.0 Å². The van der Waals surface area contributed by atoms with E-state index in [0.29, 0.717) is 32.4 Å². The summed E-state index contributed by atoms with van der Waals surface area (Å²) in [6.45, 7) is -0.00347. The molecule has 0 aliphatic carbocycles. The molecule has 0 fully saturated rings. The smallest absolute Gasteiger partial charge is 0.190 e. The van der Waals surface area contributed by atoms with Gasteiger partial charge in [-0.2, -0.15) is 5.26 Å². The highest BCUT2D eigenvalue weighted by atomic mass is 35.5. The Bertz CT molecular complexity index is 1040. The lowest BCUT2D eigenvalue weighted by Gasteiger charge is -2.10. The van der Waals surface area contributed by atoms with Crippen molar-refractivity contribution in [1.82, 2.24) is 9.97 Å². The van der Waals surface area contributed by atoms with E-state index in [1.165, 1.54) is 36.0 Å². The van der Waals surface area contributed by atoms with Crippen molar-refractivity contribution < 1.29 is 9.13 Å². The Hall–Kier alpha value is -2.53. The molecule has 5 nitrogen and oxygen atoms in total. The molecule has 1 aromatic heterocycles. The Kier molecular flexibility index (Phi) is 6.57. The highest BCUT2D eigenvalue weighted by Crippen LogP contribution is 2.28. The van der Waals surface area contributed by atoms with Crippen LogP contribution in [0.15, 0.2) is 47.6 Å². The second-order valence-electron chi connectivity index (χ2n) is 5.59. The van der Waals surface area contributed by atoms with Crippen LogP contribution in [0.5, 0.6) is 5.75 Å². The summed E-state index contributed by atoms with van der Waals surface area (Å²) in [4.78, 5) is 8.55. The van der Waals surface area contributed by atoms with Gasteiger partial charge < -0.3 is 10.5 Å². The molecule has 0 amide bonds. The molecule has 1 heterocycles. The standard InChI is InChI=1S/C19H13Cl2FN4OS/c20-12-2-1-11(16(21)7-12)10-28-19-25-17(15(8-23)18(24)26-19)9-27-14-5-3-13(22)4-6-14/h1-7H,9-10H2,(H2,24,25,26). The largest absolute Gasteiger partial charge is 0.487 e. The zero-order valence-corrected chi connectivity index (χ0v) is 16.7. The molecular weight excluding hydrogens is 422 g/mol. The third-order valence-electron chi connectivity index (χ3n) is 3.66. The number of nitrogen functional groups attached to an aromatic ring is 1. The van der Waals surface area contributed by atoms with Gasteiger partial charge in [-0.1, -0.05) is 41.0 Å². The van der Waals surface area contributed by atoms with Crippen molar-refractivity contribution in [2.24, 2.45) is 0 Å². The molecule has 2 aromatic carbocycles. The van der Waals surface area contributed by atoms with E-state index < -0.39 is 0 Å². The molecule has 3 aromatic rings.